The molecule has 3 heterocycles. The van der Waals surface area contributed by atoms with Crippen molar-refractivity contribution in [3.63, 3.8) is 0 Å². The number of nitrogens with two attached hydrogens (primary N) is 2. The minimum absolute atomic E-state index is 0.157. The molecule has 1 amide bonds. The average molecular weight is 399 g/mol. The first kappa shape index (κ1) is 18.6. The molecule has 1 aromatic rings. The highest BCUT2D eigenvalue weighted by Crippen LogP contribution is 2.52. The number of carboxylic acids is 1. The molecule has 2 aliphatic heterocycles. The van der Waals surface area contributed by atoms with E-state index in [2.05, 4.69) is 10.1 Å². The number of β-lactam (4-membered cyclic amide) rings is 1. The van der Waals surface area contributed by atoms with Crippen molar-refractivity contribution in [1.82, 2.24) is 9.88 Å². The summed E-state index contributed by atoms with van der Waals surface area (Å²) < 4.78 is 0. The second-order valence-corrected chi connectivity index (χ2v) is 8.51. The Labute approximate surface area is 156 Å². The van der Waals surface area contributed by atoms with Crippen LogP contribution in [0.3, 0.4) is 0 Å². The third-order valence-corrected chi connectivity index (χ3v) is 6.99. The second-order valence-electron chi connectivity index (χ2n) is 6.19. The van der Waals surface area contributed by atoms with Crippen LogP contribution in [0.1, 0.15) is 19.0 Å². The topological polar surface area (TPSA) is 161 Å². The molecule has 0 aromatic carbocycles. The lowest BCUT2D eigenvalue weighted by molar-refractivity contribution is -0.160. The number of oxime groups is 1. The van der Waals surface area contributed by atoms with Gasteiger partial charge < -0.3 is 26.3 Å². The van der Waals surface area contributed by atoms with Crippen LogP contribution >= 0.6 is 23.1 Å². The van der Waals surface area contributed by atoms with E-state index >= 15 is 0 Å². The number of anilines is 1. The van der Waals surface area contributed by atoms with Gasteiger partial charge in [-0.05, 0) is 6.92 Å². The van der Waals surface area contributed by atoms with Gasteiger partial charge >= 0.3 is 5.97 Å². The van der Waals surface area contributed by atoms with Gasteiger partial charge in [-0.3, -0.25) is 14.4 Å². The van der Waals surface area contributed by atoms with E-state index < -0.39 is 22.0 Å². The lowest BCUT2D eigenvalue weighted by Crippen LogP contribution is -2.74. The molecule has 0 bridgehead atoms. The average Bonchev–Trinajstić information content (AvgIpc) is 3.01. The van der Waals surface area contributed by atoms with Gasteiger partial charge in [-0.15, -0.1) is 23.1 Å². The van der Waals surface area contributed by atoms with E-state index in [0.717, 1.165) is 23.1 Å². The lowest BCUT2D eigenvalue weighted by Gasteiger charge is -2.55. The Morgan fingerprint density at radius 3 is 2.73 bits per heavy atom. The number of thioether (sulfide) groups is 1. The molecule has 140 valence electrons. The van der Waals surface area contributed by atoms with Gasteiger partial charge in [-0.1, -0.05) is 5.16 Å². The molecular weight excluding hydrogens is 382 g/mol. The molecule has 1 aromatic heterocycles. The number of amides is 1. The number of Topliss-reactive ketones (excluding diaryl/α,β-unsaturated/α-hetero) is 1. The highest BCUT2D eigenvalue weighted by atomic mass is 32.2. The molecule has 2 unspecified atom stereocenters. The predicted molar refractivity (Wildman–Crippen MR) is 95.4 cm³/mol. The molecule has 0 aliphatic carbocycles. The highest BCUT2D eigenvalue weighted by molar-refractivity contribution is 8.02. The van der Waals surface area contributed by atoms with Crippen LogP contribution in [0.5, 0.6) is 0 Å². The van der Waals surface area contributed by atoms with Crippen molar-refractivity contribution in [2.75, 3.05) is 19.4 Å². The van der Waals surface area contributed by atoms with Crippen LogP contribution in [0.15, 0.2) is 10.5 Å². The van der Waals surface area contributed by atoms with E-state index in [9.17, 15) is 19.5 Å². The van der Waals surface area contributed by atoms with Crippen molar-refractivity contribution < 1.29 is 24.3 Å². The Morgan fingerprint density at radius 2 is 2.23 bits per heavy atom. The zero-order valence-corrected chi connectivity index (χ0v) is 15.6. The maximum absolute atomic E-state index is 13.3. The van der Waals surface area contributed by atoms with Crippen molar-refractivity contribution in [3.05, 3.63) is 11.1 Å². The number of carboxylic acid groups (broad SMARTS) is 1. The fraction of sp³-hybridized carbons (Fsp3) is 0.500. The molecule has 2 aliphatic rings. The molecule has 5 N–H and O–H groups in total. The maximum atomic E-state index is 13.3. The summed E-state index contributed by atoms with van der Waals surface area (Å²) in [5.74, 6) is -2.19. The van der Waals surface area contributed by atoms with Gasteiger partial charge in [0.25, 0.3) is 0 Å². The number of ketones is 1. The Hall–Kier alpha value is -2.18. The third kappa shape index (κ3) is 2.56. The highest BCUT2D eigenvalue weighted by Gasteiger charge is 2.65. The number of rotatable bonds is 5. The number of fused-ring (bicyclic) bond motifs is 1. The van der Waals surface area contributed by atoms with E-state index in [0.29, 0.717) is 0 Å². The number of aliphatic carboxylic acids is 1. The summed E-state index contributed by atoms with van der Waals surface area (Å²) in [6.45, 7) is 1.18. The van der Waals surface area contributed by atoms with Crippen molar-refractivity contribution in [2.45, 2.75) is 23.6 Å². The molecule has 3 rings (SSSR count). The SMILES string of the molecule is CON=C(C(=O)C1(N)S[C@@H]2CC(=O)N2CC1(C)C(=O)O)c1csc(N)n1. The predicted octanol–water partition coefficient (Wildman–Crippen LogP) is -0.304. The van der Waals surface area contributed by atoms with Gasteiger partial charge in [-0.25, -0.2) is 4.98 Å². The third-order valence-electron chi connectivity index (χ3n) is 4.62. The molecule has 3 atom stereocenters. The van der Waals surface area contributed by atoms with Gasteiger partial charge in [0, 0.05) is 11.9 Å². The summed E-state index contributed by atoms with van der Waals surface area (Å²) in [4.78, 5) is 45.4. The summed E-state index contributed by atoms with van der Waals surface area (Å²) in [7, 11) is 1.25. The Bertz CT molecular complexity index is 826. The first-order valence-corrected chi connectivity index (χ1v) is 9.27. The van der Waals surface area contributed by atoms with Crippen LogP contribution in [0.2, 0.25) is 0 Å². The molecule has 10 nitrogen and oxygen atoms in total. The first-order valence-electron chi connectivity index (χ1n) is 7.51. The second kappa shape index (κ2) is 6.21. The van der Waals surface area contributed by atoms with Gasteiger partial charge in [0.05, 0.1) is 11.8 Å². The van der Waals surface area contributed by atoms with Crippen LogP contribution in [0.25, 0.3) is 0 Å². The number of nitrogen functional groups attached to an aromatic ring is 1. The largest absolute Gasteiger partial charge is 0.481 e. The number of hydrogen-bond acceptors (Lipinski definition) is 10. The van der Waals surface area contributed by atoms with E-state index in [1.807, 2.05) is 0 Å². The smallest absolute Gasteiger partial charge is 0.314 e. The van der Waals surface area contributed by atoms with E-state index in [1.165, 1.54) is 24.3 Å². The van der Waals surface area contributed by atoms with Crippen LogP contribution in [0.4, 0.5) is 5.13 Å². The summed E-state index contributed by atoms with van der Waals surface area (Å²) in [5.41, 5.74) is 10.2. The Balaban J connectivity index is 2.05. The summed E-state index contributed by atoms with van der Waals surface area (Å²) in [6, 6.07) is 0. The minimum Gasteiger partial charge on any atom is -0.481 e. The number of nitrogens with zero attached hydrogens (tertiary/aromatic N) is 3. The van der Waals surface area contributed by atoms with Gasteiger partial charge in [0.2, 0.25) is 11.7 Å². The number of hydrogen-bond donors (Lipinski definition) is 3. The zero-order chi connectivity index (χ0) is 19.3. The van der Waals surface area contributed by atoms with Gasteiger partial charge in [0.15, 0.2) is 10.8 Å². The van der Waals surface area contributed by atoms with Crippen LogP contribution < -0.4 is 11.5 Å². The standard InChI is InChI=1S/C14H17N5O5S2/c1-13(11(22)23)5-19-7(20)3-8(19)26-14(13,16)10(21)9(18-24-2)6-4-25-12(15)17-6/h4,8H,3,5,16H2,1-2H3,(H2,15,17)(H,22,23)/t8-,13?,14?/m1/s1. The molecule has 0 spiro atoms. The molecule has 2 fully saturated rings. The van der Waals surface area contributed by atoms with Crippen molar-refractivity contribution in [3.8, 4) is 0 Å². The minimum atomic E-state index is -1.86. The number of carbonyl (C=O) groups is 3. The Morgan fingerprint density at radius 1 is 1.54 bits per heavy atom. The summed E-state index contributed by atoms with van der Waals surface area (Å²) >= 11 is 2.05. The maximum Gasteiger partial charge on any atom is 0.314 e. The molecule has 0 radical (unpaired) electrons. The summed E-state index contributed by atoms with van der Waals surface area (Å²) in [6.07, 6.45) is 0.201. The monoisotopic (exact) mass is 399 g/mol. The van der Waals surface area contributed by atoms with E-state index in [-0.39, 0.29) is 40.8 Å². The van der Waals surface area contributed by atoms with E-state index in [1.54, 1.807) is 0 Å². The summed E-state index contributed by atoms with van der Waals surface area (Å²) in [5, 5.41) is 14.9. The van der Waals surface area contributed by atoms with Crippen molar-refractivity contribution >= 4 is 51.6 Å². The quantitative estimate of drug-likeness (QED) is 0.343. The fourth-order valence-electron chi connectivity index (χ4n) is 2.92. The number of aromatic nitrogens is 1. The van der Waals surface area contributed by atoms with E-state index in [4.69, 9.17) is 16.3 Å². The molecule has 26 heavy (non-hydrogen) atoms. The molecular formula is C14H17N5O5S2. The van der Waals surface area contributed by atoms with Gasteiger partial charge in [0.1, 0.15) is 23.1 Å². The number of carbonyl (C=O) groups excluding carboxylic acids is 2. The Kier molecular flexibility index (Phi) is 4.45. The van der Waals surface area contributed by atoms with Crippen molar-refractivity contribution in [1.29, 1.82) is 0 Å². The lowest BCUT2D eigenvalue weighted by atomic mass is 9.76. The van der Waals surface area contributed by atoms with Crippen molar-refractivity contribution in [2.24, 2.45) is 16.3 Å². The molecule has 2 saturated heterocycles. The van der Waals surface area contributed by atoms with Gasteiger partial charge in [-0.2, -0.15) is 0 Å². The first-order chi connectivity index (χ1) is 12.1. The molecule has 12 heteroatoms. The van der Waals surface area contributed by atoms with Crippen LogP contribution in [-0.4, -0.2) is 62.3 Å². The number of thiazole rings is 1. The zero-order valence-electron chi connectivity index (χ0n) is 14.0. The van der Waals surface area contributed by atoms with Crippen LogP contribution in [-0.2, 0) is 19.2 Å². The normalized spacial score (nSPS) is 31.2. The fourth-order valence-corrected chi connectivity index (χ4v) is 5.06. The van der Waals surface area contributed by atoms with Crippen LogP contribution in [0, 0.1) is 5.41 Å². The molecule has 0 saturated carbocycles.